The first kappa shape index (κ1) is 15.1. The van der Waals surface area contributed by atoms with Gasteiger partial charge in [0.15, 0.2) is 11.4 Å². The second-order valence-corrected chi connectivity index (χ2v) is 5.58. The maximum absolute atomic E-state index is 11.6. The van der Waals surface area contributed by atoms with Crippen LogP contribution in [0.5, 0.6) is 5.75 Å². The van der Waals surface area contributed by atoms with Crippen LogP contribution < -0.4 is 9.47 Å². The zero-order valence-electron chi connectivity index (χ0n) is 13.3. The van der Waals surface area contributed by atoms with E-state index in [0.29, 0.717) is 18.1 Å². The second-order valence-electron chi connectivity index (χ2n) is 5.58. The number of benzene rings is 2. The number of ether oxygens (including phenoxy) is 1. The molecule has 0 saturated carbocycles. The van der Waals surface area contributed by atoms with E-state index >= 15 is 0 Å². The van der Waals surface area contributed by atoms with Gasteiger partial charge in [0, 0.05) is 13.0 Å². The Balaban J connectivity index is 1.82. The summed E-state index contributed by atoms with van der Waals surface area (Å²) < 4.78 is 6.60. The molecule has 2 aromatic carbocycles. The van der Waals surface area contributed by atoms with Crippen molar-refractivity contribution in [1.29, 1.82) is 0 Å². The Kier molecular flexibility index (Phi) is 4.29. The van der Waals surface area contributed by atoms with Crippen LogP contribution in [0.3, 0.4) is 0 Å². The minimum absolute atomic E-state index is 0.440. The molecule has 116 valence electrons. The number of aryl methyl sites for hydroxylation is 1. The van der Waals surface area contributed by atoms with Crippen molar-refractivity contribution in [3.63, 3.8) is 0 Å². The fourth-order valence-electron chi connectivity index (χ4n) is 2.55. The number of hydrogen-bond donors (Lipinski definition) is 0. The summed E-state index contributed by atoms with van der Waals surface area (Å²) in [6.07, 6.45) is 1.46. The van der Waals surface area contributed by atoms with Gasteiger partial charge in [-0.05, 0) is 35.2 Å². The van der Waals surface area contributed by atoms with E-state index in [1.165, 1.54) is 22.9 Å². The van der Waals surface area contributed by atoms with E-state index in [4.69, 9.17) is 4.74 Å². The van der Waals surface area contributed by atoms with Crippen LogP contribution in [0.1, 0.15) is 16.8 Å². The Morgan fingerprint density at radius 2 is 1.70 bits per heavy atom. The van der Waals surface area contributed by atoms with Crippen LogP contribution >= 0.6 is 0 Å². The molecule has 0 fully saturated rings. The van der Waals surface area contributed by atoms with Crippen molar-refractivity contribution in [3.05, 3.63) is 88.9 Å². The van der Waals surface area contributed by atoms with Crippen LogP contribution in [0.15, 0.2) is 66.9 Å². The highest BCUT2D eigenvalue weighted by atomic mass is 16.5. The Labute approximate surface area is 136 Å². The molecule has 3 aromatic rings. The monoisotopic (exact) mass is 305 g/mol. The smallest absolute Gasteiger partial charge is 0.222 e. The lowest BCUT2D eigenvalue weighted by Gasteiger charge is -2.13. The van der Waals surface area contributed by atoms with Crippen LogP contribution in [0, 0.1) is 19.1 Å². The van der Waals surface area contributed by atoms with Crippen LogP contribution in [-0.2, 0) is 6.61 Å². The van der Waals surface area contributed by atoms with Crippen molar-refractivity contribution in [3.8, 4) is 16.9 Å². The van der Waals surface area contributed by atoms with E-state index in [1.54, 1.807) is 13.0 Å². The summed E-state index contributed by atoms with van der Waals surface area (Å²) in [6.45, 7) is 4.31. The lowest BCUT2D eigenvalue weighted by Crippen LogP contribution is -2.29. The third-order valence-corrected chi connectivity index (χ3v) is 4.01. The van der Waals surface area contributed by atoms with Gasteiger partial charge in [-0.1, -0.05) is 48.5 Å². The molecule has 0 N–H and O–H groups in total. The van der Waals surface area contributed by atoms with Gasteiger partial charge in [-0.25, -0.2) is 0 Å². The molecule has 23 heavy (non-hydrogen) atoms. The minimum Gasteiger partial charge on any atom is -0.618 e. The lowest BCUT2D eigenvalue weighted by molar-refractivity contribution is -0.612. The molecule has 0 radical (unpaired) electrons. The van der Waals surface area contributed by atoms with E-state index in [9.17, 15) is 5.21 Å². The SMILES string of the molecule is Cc1c(COc2ccc(C)[n+]([O-])c2)cccc1-c1ccccc1. The van der Waals surface area contributed by atoms with Crippen molar-refractivity contribution in [2.75, 3.05) is 0 Å². The van der Waals surface area contributed by atoms with Gasteiger partial charge >= 0.3 is 0 Å². The molecule has 0 aliphatic rings. The second kappa shape index (κ2) is 6.53. The van der Waals surface area contributed by atoms with Crippen LogP contribution in [0.2, 0.25) is 0 Å². The first-order valence-electron chi connectivity index (χ1n) is 7.61. The van der Waals surface area contributed by atoms with Crippen molar-refractivity contribution in [2.24, 2.45) is 0 Å². The predicted octanol–water partition coefficient (Wildman–Crippen LogP) is 4.18. The van der Waals surface area contributed by atoms with E-state index < -0.39 is 0 Å². The molecule has 0 bridgehead atoms. The first-order valence-corrected chi connectivity index (χ1v) is 7.61. The summed E-state index contributed by atoms with van der Waals surface area (Å²) in [5, 5.41) is 11.6. The Morgan fingerprint density at radius 3 is 2.43 bits per heavy atom. The summed E-state index contributed by atoms with van der Waals surface area (Å²) in [6, 6.07) is 20.1. The van der Waals surface area contributed by atoms with Crippen molar-refractivity contribution in [1.82, 2.24) is 0 Å². The first-order chi connectivity index (χ1) is 11.1. The minimum atomic E-state index is 0.440. The summed E-state index contributed by atoms with van der Waals surface area (Å²) >= 11 is 0. The molecule has 0 amide bonds. The molecule has 1 aromatic heterocycles. The molecule has 3 rings (SSSR count). The van der Waals surface area contributed by atoms with E-state index in [-0.39, 0.29) is 0 Å². The van der Waals surface area contributed by atoms with Gasteiger partial charge in [-0.15, -0.1) is 0 Å². The molecular weight excluding hydrogens is 286 g/mol. The zero-order chi connectivity index (χ0) is 16.2. The topological polar surface area (TPSA) is 36.2 Å². The normalized spacial score (nSPS) is 10.5. The van der Waals surface area contributed by atoms with Crippen LogP contribution in [0.25, 0.3) is 11.1 Å². The Hall–Kier alpha value is -2.81. The standard InChI is InChI=1S/C20H19NO2/c1-15-11-12-19(13-21(15)22)23-14-18-9-6-10-20(16(18)2)17-7-4-3-5-8-17/h3-13H,14H2,1-2H3. The number of hydrogen-bond acceptors (Lipinski definition) is 2. The van der Waals surface area contributed by atoms with Gasteiger partial charge in [0.25, 0.3) is 0 Å². The number of pyridine rings is 1. The molecular formula is C20H19NO2. The molecule has 3 nitrogen and oxygen atoms in total. The van der Waals surface area contributed by atoms with E-state index in [0.717, 1.165) is 10.3 Å². The highest BCUT2D eigenvalue weighted by molar-refractivity contribution is 5.68. The van der Waals surface area contributed by atoms with E-state index in [1.807, 2.05) is 30.3 Å². The fourth-order valence-corrected chi connectivity index (χ4v) is 2.55. The lowest BCUT2D eigenvalue weighted by atomic mass is 9.97. The summed E-state index contributed by atoms with van der Waals surface area (Å²) in [7, 11) is 0. The van der Waals surface area contributed by atoms with Gasteiger partial charge in [0.05, 0.1) is 0 Å². The Morgan fingerprint density at radius 1 is 0.913 bits per heavy atom. The predicted molar refractivity (Wildman–Crippen MR) is 91.1 cm³/mol. The van der Waals surface area contributed by atoms with E-state index in [2.05, 4.69) is 31.2 Å². The quantitative estimate of drug-likeness (QED) is 0.535. The number of aromatic nitrogens is 1. The van der Waals surface area contributed by atoms with Crippen molar-refractivity contribution < 1.29 is 9.47 Å². The Bertz CT molecular complexity index is 813. The summed E-state index contributed by atoms with van der Waals surface area (Å²) in [5.41, 5.74) is 5.36. The maximum atomic E-state index is 11.6. The highest BCUT2D eigenvalue weighted by Crippen LogP contribution is 2.26. The molecule has 0 spiro atoms. The molecule has 0 unspecified atom stereocenters. The maximum Gasteiger partial charge on any atom is 0.222 e. The molecule has 0 atom stereocenters. The summed E-state index contributed by atoms with van der Waals surface area (Å²) in [4.78, 5) is 0. The number of nitrogens with zero attached hydrogens (tertiary/aromatic N) is 1. The molecule has 3 heteroatoms. The van der Waals surface area contributed by atoms with Crippen molar-refractivity contribution >= 4 is 0 Å². The van der Waals surface area contributed by atoms with Gasteiger partial charge in [0.2, 0.25) is 6.20 Å². The highest BCUT2D eigenvalue weighted by Gasteiger charge is 2.08. The number of rotatable bonds is 4. The fraction of sp³-hybridized carbons (Fsp3) is 0.150. The van der Waals surface area contributed by atoms with Gasteiger partial charge in [-0.3, -0.25) is 0 Å². The average molecular weight is 305 g/mol. The van der Waals surface area contributed by atoms with Gasteiger partial charge in [-0.2, -0.15) is 4.73 Å². The molecule has 1 heterocycles. The molecule has 0 aliphatic heterocycles. The zero-order valence-corrected chi connectivity index (χ0v) is 13.3. The van der Waals surface area contributed by atoms with Gasteiger partial charge in [0.1, 0.15) is 6.61 Å². The average Bonchev–Trinajstić information content (AvgIpc) is 2.58. The van der Waals surface area contributed by atoms with Crippen LogP contribution in [0.4, 0.5) is 0 Å². The molecule has 0 aliphatic carbocycles. The van der Waals surface area contributed by atoms with Gasteiger partial charge < -0.3 is 9.94 Å². The summed E-state index contributed by atoms with van der Waals surface area (Å²) in [5.74, 6) is 0.579. The van der Waals surface area contributed by atoms with Crippen molar-refractivity contribution in [2.45, 2.75) is 20.5 Å². The molecule has 0 saturated heterocycles. The van der Waals surface area contributed by atoms with Crippen LogP contribution in [-0.4, -0.2) is 0 Å². The third-order valence-electron chi connectivity index (χ3n) is 4.01. The largest absolute Gasteiger partial charge is 0.618 e. The third kappa shape index (κ3) is 3.34.